The van der Waals surface area contributed by atoms with E-state index in [0.717, 1.165) is 11.4 Å². The van der Waals surface area contributed by atoms with Crippen LogP contribution in [0.3, 0.4) is 0 Å². The van der Waals surface area contributed by atoms with Gasteiger partial charge in [0.2, 0.25) is 0 Å². The average Bonchev–Trinajstić information content (AvgIpc) is 3.76. The zero-order valence-electron chi connectivity index (χ0n) is 30.3. The molecule has 0 radical (unpaired) electrons. The molecule has 0 fully saturated rings. The molecule has 3 nitrogen and oxygen atoms in total. The van der Waals surface area contributed by atoms with Gasteiger partial charge in [-0.1, -0.05) is 134 Å². The van der Waals surface area contributed by atoms with Crippen molar-refractivity contribution < 1.29 is 0 Å². The van der Waals surface area contributed by atoms with Gasteiger partial charge in [0, 0.05) is 51.3 Å². The lowest BCUT2D eigenvalue weighted by Gasteiger charge is -2.28. The number of allylic oxidation sites excluding steroid dienone is 1. The molecule has 0 saturated carbocycles. The summed E-state index contributed by atoms with van der Waals surface area (Å²) in [5, 5.41) is 12.9. The third-order valence-corrected chi connectivity index (χ3v) is 12.3. The number of benzene rings is 9. The summed E-state index contributed by atoms with van der Waals surface area (Å²) in [7, 11) is 0. The normalized spacial score (nSPS) is 16.1. The van der Waals surface area contributed by atoms with E-state index in [1.54, 1.807) is 0 Å². The SMILES string of the molecule is CC1C(c2cc(-n3c4ccccc4c4ccccc43)cc(-n3c4ccccc4c4ccccc43)c2)=CN=CC1c1ccc2ccc3cccc4ccc1c2c34. The number of fused-ring (bicyclic) bond motifs is 6. The maximum atomic E-state index is 5.04. The van der Waals surface area contributed by atoms with Crippen LogP contribution in [0.5, 0.6) is 0 Å². The molecule has 9 aromatic carbocycles. The monoisotopic (exact) mass is 701 g/mol. The minimum absolute atomic E-state index is 0.109. The molecular formula is C52H35N3. The van der Waals surface area contributed by atoms with Crippen LogP contribution in [-0.2, 0) is 0 Å². The fourth-order valence-electron chi connectivity index (χ4n) is 9.81. The van der Waals surface area contributed by atoms with E-state index < -0.39 is 0 Å². The van der Waals surface area contributed by atoms with Gasteiger partial charge in [-0.15, -0.1) is 0 Å². The van der Waals surface area contributed by atoms with Crippen LogP contribution in [0.25, 0.3) is 92.9 Å². The van der Waals surface area contributed by atoms with Crippen LogP contribution in [0.1, 0.15) is 24.0 Å². The van der Waals surface area contributed by atoms with Crippen LogP contribution in [0, 0.1) is 5.92 Å². The van der Waals surface area contributed by atoms with Gasteiger partial charge in [-0.05, 0) is 97.4 Å². The lowest BCUT2D eigenvalue weighted by molar-refractivity contribution is 0.694. The average molecular weight is 702 g/mol. The summed E-state index contributed by atoms with van der Waals surface area (Å²) in [6.07, 6.45) is 4.28. The van der Waals surface area contributed by atoms with Crippen LogP contribution in [0.4, 0.5) is 0 Å². The quantitative estimate of drug-likeness (QED) is 0.163. The predicted octanol–water partition coefficient (Wildman–Crippen LogP) is 13.6. The van der Waals surface area contributed by atoms with Crippen LogP contribution >= 0.6 is 0 Å². The molecule has 0 bridgehead atoms. The lowest BCUT2D eigenvalue weighted by Crippen LogP contribution is -2.17. The molecule has 258 valence electrons. The zero-order chi connectivity index (χ0) is 36.2. The molecule has 0 N–H and O–H groups in total. The van der Waals surface area contributed by atoms with Gasteiger partial charge in [0.05, 0.1) is 22.1 Å². The minimum atomic E-state index is 0.109. The molecule has 12 rings (SSSR count). The summed E-state index contributed by atoms with van der Waals surface area (Å²) >= 11 is 0. The third kappa shape index (κ3) is 4.35. The molecule has 3 heterocycles. The highest BCUT2D eigenvalue weighted by Crippen LogP contribution is 2.44. The Bertz CT molecular complexity index is 3150. The highest BCUT2D eigenvalue weighted by atomic mass is 15.0. The van der Waals surface area contributed by atoms with Crippen molar-refractivity contribution in [3.63, 3.8) is 0 Å². The maximum Gasteiger partial charge on any atom is 0.0541 e. The van der Waals surface area contributed by atoms with E-state index in [-0.39, 0.29) is 11.8 Å². The number of rotatable bonds is 4. The first-order valence-electron chi connectivity index (χ1n) is 19.2. The molecule has 0 spiro atoms. The van der Waals surface area contributed by atoms with E-state index >= 15 is 0 Å². The number of hydrogen-bond acceptors (Lipinski definition) is 1. The van der Waals surface area contributed by atoms with Gasteiger partial charge in [0.15, 0.2) is 0 Å². The standard InChI is InChI=1S/C52H35N3/c1-32-45(30-53-31-46(32)39-25-23-35-22-21-33-11-10-12-34-24-26-44(39)52(35)51(33)34)36-27-37(54-47-17-6-2-13-40(47)41-14-3-7-18-48(41)54)29-38(28-36)55-49-19-8-4-15-42(49)43-16-5-9-20-50(43)55/h2-32,46H,1H3. The Hall–Kier alpha value is -6.97. The van der Waals surface area contributed by atoms with Crippen molar-refractivity contribution in [3.05, 3.63) is 187 Å². The van der Waals surface area contributed by atoms with Crippen LogP contribution in [0.15, 0.2) is 181 Å². The van der Waals surface area contributed by atoms with Gasteiger partial charge in [-0.3, -0.25) is 4.99 Å². The molecule has 1 aliphatic heterocycles. The van der Waals surface area contributed by atoms with Crippen molar-refractivity contribution in [2.75, 3.05) is 0 Å². The van der Waals surface area contributed by atoms with Crippen molar-refractivity contribution in [1.29, 1.82) is 0 Å². The van der Waals surface area contributed by atoms with Crippen molar-refractivity contribution >= 4 is 87.7 Å². The Balaban J connectivity index is 1.09. The molecule has 1 aliphatic rings. The molecule has 55 heavy (non-hydrogen) atoms. The second-order valence-corrected chi connectivity index (χ2v) is 15.2. The van der Waals surface area contributed by atoms with E-state index in [4.69, 9.17) is 4.99 Å². The van der Waals surface area contributed by atoms with Gasteiger partial charge < -0.3 is 9.13 Å². The Morgan fingerprint density at radius 3 is 1.45 bits per heavy atom. The topological polar surface area (TPSA) is 22.2 Å². The summed E-state index contributed by atoms with van der Waals surface area (Å²) in [5.41, 5.74) is 10.8. The van der Waals surface area contributed by atoms with E-state index in [1.807, 2.05) is 0 Å². The van der Waals surface area contributed by atoms with E-state index in [1.165, 1.54) is 92.6 Å². The highest BCUT2D eigenvalue weighted by Gasteiger charge is 2.28. The second-order valence-electron chi connectivity index (χ2n) is 15.2. The van der Waals surface area contributed by atoms with Crippen LogP contribution < -0.4 is 0 Å². The first-order valence-corrected chi connectivity index (χ1v) is 19.2. The minimum Gasteiger partial charge on any atom is -0.309 e. The largest absolute Gasteiger partial charge is 0.309 e. The lowest BCUT2D eigenvalue weighted by atomic mass is 9.77. The van der Waals surface area contributed by atoms with Crippen molar-refractivity contribution in [1.82, 2.24) is 9.13 Å². The van der Waals surface area contributed by atoms with Crippen LogP contribution in [-0.4, -0.2) is 15.3 Å². The first kappa shape index (κ1) is 30.5. The number of hydrogen-bond donors (Lipinski definition) is 0. The number of aromatic nitrogens is 2. The highest BCUT2D eigenvalue weighted by molar-refractivity contribution is 6.24. The molecule has 0 amide bonds. The first-order chi connectivity index (χ1) is 27.2. The summed E-state index contributed by atoms with van der Waals surface area (Å²) in [6, 6.07) is 62.7. The molecule has 2 atom stereocenters. The second kappa shape index (κ2) is 11.5. The van der Waals surface area contributed by atoms with Crippen molar-refractivity contribution in [2.24, 2.45) is 10.9 Å². The Labute approximate surface area is 318 Å². The summed E-state index contributed by atoms with van der Waals surface area (Å²) < 4.78 is 4.89. The Kier molecular flexibility index (Phi) is 6.38. The van der Waals surface area contributed by atoms with Gasteiger partial charge in [-0.2, -0.15) is 0 Å². The van der Waals surface area contributed by atoms with Gasteiger partial charge in [-0.25, -0.2) is 0 Å². The van der Waals surface area contributed by atoms with Gasteiger partial charge in [0.25, 0.3) is 0 Å². The third-order valence-electron chi connectivity index (χ3n) is 12.3. The van der Waals surface area contributed by atoms with E-state index in [2.05, 4.69) is 198 Å². The number of aliphatic imine (C=N–C) groups is 1. The summed E-state index contributed by atoms with van der Waals surface area (Å²) in [5.74, 6) is 0.286. The molecule has 0 saturated heterocycles. The van der Waals surface area contributed by atoms with E-state index in [9.17, 15) is 0 Å². The zero-order valence-corrected chi connectivity index (χ0v) is 30.3. The van der Waals surface area contributed by atoms with Crippen molar-refractivity contribution in [3.8, 4) is 11.4 Å². The van der Waals surface area contributed by atoms with Crippen molar-refractivity contribution in [2.45, 2.75) is 12.8 Å². The molecule has 2 aromatic heterocycles. The summed E-state index contributed by atoms with van der Waals surface area (Å²) in [4.78, 5) is 5.04. The fraction of sp³-hybridized carbons (Fsp3) is 0.0577. The molecule has 3 heteroatoms. The van der Waals surface area contributed by atoms with Gasteiger partial charge in [0.1, 0.15) is 0 Å². The maximum absolute atomic E-state index is 5.04. The number of nitrogens with zero attached hydrogens (tertiary/aromatic N) is 3. The Morgan fingerprint density at radius 2 is 0.909 bits per heavy atom. The molecule has 0 aliphatic carbocycles. The van der Waals surface area contributed by atoms with Crippen LogP contribution in [0.2, 0.25) is 0 Å². The Morgan fingerprint density at radius 1 is 0.436 bits per heavy atom. The van der Waals surface area contributed by atoms with Gasteiger partial charge >= 0.3 is 0 Å². The number of para-hydroxylation sites is 4. The predicted molar refractivity (Wildman–Crippen MR) is 234 cm³/mol. The molecule has 2 unspecified atom stereocenters. The van der Waals surface area contributed by atoms with E-state index in [0.29, 0.717) is 0 Å². The summed E-state index contributed by atoms with van der Waals surface area (Å²) in [6.45, 7) is 2.38. The smallest absolute Gasteiger partial charge is 0.0541 e. The fourth-order valence-corrected chi connectivity index (χ4v) is 9.81. The molecule has 11 aromatic rings. The molecular weight excluding hydrogens is 667 g/mol.